The number of nitrogens with zero attached hydrogens (tertiary/aromatic N) is 3. The number of hydrogen-bond acceptors (Lipinski definition) is 3. The largest absolute Gasteiger partial charge is 0.353 e. The number of fused-ring (bicyclic) bond motifs is 1. The second kappa shape index (κ2) is 8.25. The number of carbonyl (C=O) groups excluding carboxylic acids is 2. The van der Waals surface area contributed by atoms with Gasteiger partial charge in [-0.1, -0.05) is 36.8 Å². The molecule has 30 heavy (non-hydrogen) atoms. The van der Waals surface area contributed by atoms with Gasteiger partial charge in [-0.05, 0) is 44.9 Å². The van der Waals surface area contributed by atoms with Gasteiger partial charge in [0.2, 0.25) is 5.91 Å². The van der Waals surface area contributed by atoms with Gasteiger partial charge in [0.25, 0.3) is 5.91 Å². The normalized spacial score (nSPS) is 19.8. The molecule has 6 heteroatoms. The van der Waals surface area contributed by atoms with Crippen LogP contribution in [-0.4, -0.2) is 45.4 Å². The molecule has 0 radical (unpaired) electrons. The maximum Gasteiger partial charge on any atom is 0.274 e. The van der Waals surface area contributed by atoms with Crippen molar-refractivity contribution < 1.29 is 9.59 Å². The molecular formula is C24H30N4O2. The van der Waals surface area contributed by atoms with Crippen molar-refractivity contribution in [2.45, 2.75) is 64.0 Å². The number of imidazole rings is 1. The predicted molar refractivity (Wildman–Crippen MR) is 115 cm³/mol. The highest BCUT2D eigenvalue weighted by molar-refractivity contribution is 5.94. The Balaban J connectivity index is 1.35. The molecule has 1 N–H and O–H groups in total. The quantitative estimate of drug-likeness (QED) is 0.846. The van der Waals surface area contributed by atoms with E-state index < -0.39 is 0 Å². The zero-order chi connectivity index (χ0) is 20.5. The van der Waals surface area contributed by atoms with Crippen molar-refractivity contribution in [3.8, 4) is 11.4 Å². The molecule has 5 rings (SSSR count). The van der Waals surface area contributed by atoms with E-state index in [2.05, 4.69) is 22.0 Å². The summed E-state index contributed by atoms with van der Waals surface area (Å²) in [7, 11) is 0. The summed E-state index contributed by atoms with van der Waals surface area (Å²) in [6, 6.07) is 10.6. The number of nitrogens with one attached hydrogen (secondary N) is 1. The van der Waals surface area contributed by atoms with Gasteiger partial charge in [-0.25, -0.2) is 4.98 Å². The number of piperidine rings is 1. The van der Waals surface area contributed by atoms with Gasteiger partial charge in [-0.3, -0.25) is 9.59 Å². The third-order valence-corrected chi connectivity index (χ3v) is 6.68. The van der Waals surface area contributed by atoms with Crippen molar-refractivity contribution in [3.63, 3.8) is 0 Å². The second-order valence-corrected chi connectivity index (χ2v) is 8.91. The zero-order valence-corrected chi connectivity index (χ0v) is 17.5. The third-order valence-electron chi connectivity index (χ3n) is 6.68. The van der Waals surface area contributed by atoms with E-state index in [1.165, 1.54) is 6.42 Å². The van der Waals surface area contributed by atoms with Crippen molar-refractivity contribution in [1.29, 1.82) is 0 Å². The first-order valence-electron chi connectivity index (χ1n) is 11.4. The van der Waals surface area contributed by atoms with E-state index in [-0.39, 0.29) is 17.7 Å². The molecule has 158 valence electrons. The first-order chi connectivity index (χ1) is 14.7. The highest BCUT2D eigenvalue weighted by Crippen LogP contribution is 2.29. The molecule has 6 nitrogen and oxygen atoms in total. The molecule has 0 spiro atoms. The van der Waals surface area contributed by atoms with Crippen molar-refractivity contribution in [2.75, 3.05) is 13.1 Å². The van der Waals surface area contributed by atoms with Crippen LogP contribution >= 0.6 is 0 Å². The topological polar surface area (TPSA) is 67.2 Å². The van der Waals surface area contributed by atoms with Crippen LogP contribution in [0.15, 0.2) is 30.3 Å². The van der Waals surface area contributed by atoms with Crippen molar-refractivity contribution in [2.24, 2.45) is 5.92 Å². The predicted octanol–water partition coefficient (Wildman–Crippen LogP) is 3.41. The fourth-order valence-corrected chi connectivity index (χ4v) is 4.74. The second-order valence-electron chi connectivity index (χ2n) is 8.91. The molecule has 0 atom stereocenters. The number of carbonyl (C=O) groups is 2. The Labute approximate surface area is 177 Å². The summed E-state index contributed by atoms with van der Waals surface area (Å²) >= 11 is 0. The summed E-state index contributed by atoms with van der Waals surface area (Å²) in [5.74, 6) is 1.15. The van der Waals surface area contributed by atoms with E-state index in [9.17, 15) is 9.59 Å². The molecule has 0 bridgehead atoms. The SMILES string of the molecule is O=C(NC1CC1)C1CCN(C(=O)c2nc(-c3ccccc3)n3c2CCCCC3)CC1. The van der Waals surface area contributed by atoms with Crippen molar-refractivity contribution in [3.05, 3.63) is 41.7 Å². The van der Waals surface area contributed by atoms with Crippen molar-refractivity contribution in [1.82, 2.24) is 19.8 Å². The van der Waals surface area contributed by atoms with E-state index >= 15 is 0 Å². The van der Waals surface area contributed by atoms with Gasteiger partial charge in [-0.2, -0.15) is 0 Å². The fraction of sp³-hybridized carbons (Fsp3) is 0.542. The van der Waals surface area contributed by atoms with Gasteiger partial charge in [0.1, 0.15) is 11.5 Å². The fourth-order valence-electron chi connectivity index (χ4n) is 4.74. The van der Waals surface area contributed by atoms with E-state index in [0.29, 0.717) is 24.8 Å². The van der Waals surface area contributed by atoms with Gasteiger partial charge >= 0.3 is 0 Å². The van der Waals surface area contributed by atoms with Gasteiger partial charge in [-0.15, -0.1) is 0 Å². The van der Waals surface area contributed by atoms with Gasteiger partial charge < -0.3 is 14.8 Å². The monoisotopic (exact) mass is 406 g/mol. The lowest BCUT2D eigenvalue weighted by Crippen LogP contribution is -2.43. The van der Waals surface area contributed by atoms with Crippen LogP contribution in [0.25, 0.3) is 11.4 Å². The Bertz CT molecular complexity index is 924. The number of benzene rings is 1. The average molecular weight is 407 g/mol. The average Bonchev–Trinajstić information content (AvgIpc) is 3.57. The van der Waals surface area contributed by atoms with Gasteiger partial charge in [0, 0.05) is 37.2 Å². The molecule has 1 saturated heterocycles. The highest BCUT2D eigenvalue weighted by atomic mass is 16.2. The number of amides is 2. The van der Waals surface area contributed by atoms with Crippen LogP contribution in [0.4, 0.5) is 0 Å². The molecular weight excluding hydrogens is 376 g/mol. The zero-order valence-electron chi connectivity index (χ0n) is 17.5. The van der Waals surface area contributed by atoms with Crippen LogP contribution in [0.2, 0.25) is 0 Å². The summed E-state index contributed by atoms with van der Waals surface area (Å²) in [5, 5.41) is 3.11. The van der Waals surface area contributed by atoms with E-state index in [1.807, 2.05) is 23.1 Å². The Kier molecular flexibility index (Phi) is 5.32. The van der Waals surface area contributed by atoms with Crippen LogP contribution < -0.4 is 5.32 Å². The first kappa shape index (κ1) is 19.3. The Morgan fingerprint density at radius 1 is 0.933 bits per heavy atom. The minimum Gasteiger partial charge on any atom is -0.353 e. The molecule has 1 aromatic heterocycles. The Hall–Kier alpha value is -2.63. The molecule has 1 aromatic carbocycles. The van der Waals surface area contributed by atoms with E-state index in [0.717, 1.165) is 68.6 Å². The minimum atomic E-state index is 0.0314. The van der Waals surface area contributed by atoms with Crippen LogP contribution in [0, 0.1) is 5.92 Å². The molecule has 2 fully saturated rings. The first-order valence-corrected chi connectivity index (χ1v) is 11.4. The Morgan fingerprint density at radius 3 is 2.43 bits per heavy atom. The van der Waals surface area contributed by atoms with Gasteiger partial charge in [0.05, 0.1) is 5.69 Å². The van der Waals surface area contributed by atoms with Crippen LogP contribution in [-0.2, 0) is 17.8 Å². The summed E-state index contributed by atoms with van der Waals surface area (Å²) in [6.07, 6.45) is 8.02. The van der Waals surface area contributed by atoms with E-state index in [4.69, 9.17) is 4.98 Å². The lowest BCUT2D eigenvalue weighted by atomic mass is 9.95. The van der Waals surface area contributed by atoms with E-state index in [1.54, 1.807) is 0 Å². The molecule has 2 amide bonds. The molecule has 3 aliphatic rings. The highest BCUT2D eigenvalue weighted by Gasteiger charge is 2.33. The molecule has 0 unspecified atom stereocenters. The maximum absolute atomic E-state index is 13.4. The standard InChI is InChI=1S/C24H30N4O2/c29-23(25-19-10-11-19)18-12-15-27(16-13-18)24(30)21-20-9-5-2-6-14-28(20)22(26-21)17-7-3-1-4-8-17/h1,3-4,7-8,18-19H,2,5-6,9-16H2,(H,25,29). The summed E-state index contributed by atoms with van der Waals surface area (Å²) in [6.45, 7) is 2.19. The summed E-state index contributed by atoms with van der Waals surface area (Å²) < 4.78 is 2.27. The molecule has 1 aliphatic carbocycles. The summed E-state index contributed by atoms with van der Waals surface area (Å²) in [5.41, 5.74) is 2.77. The van der Waals surface area contributed by atoms with Crippen LogP contribution in [0.5, 0.6) is 0 Å². The Morgan fingerprint density at radius 2 is 1.70 bits per heavy atom. The van der Waals surface area contributed by atoms with Crippen LogP contribution in [0.3, 0.4) is 0 Å². The number of likely N-dealkylation sites (tertiary alicyclic amines) is 1. The smallest absolute Gasteiger partial charge is 0.274 e. The number of hydrogen-bond donors (Lipinski definition) is 1. The number of aromatic nitrogens is 2. The molecule has 1 saturated carbocycles. The van der Waals surface area contributed by atoms with Gasteiger partial charge in [0.15, 0.2) is 0 Å². The van der Waals surface area contributed by atoms with Crippen LogP contribution in [0.1, 0.15) is 61.1 Å². The number of rotatable bonds is 4. The maximum atomic E-state index is 13.4. The molecule has 2 aromatic rings. The summed E-state index contributed by atoms with van der Waals surface area (Å²) in [4.78, 5) is 32.6. The third kappa shape index (κ3) is 3.87. The minimum absolute atomic E-state index is 0.0314. The molecule has 3 heterocycles. The lowest BCUT2D eigenvalue weighted by molar-refractivity contribution is -0.126. The molecule has 2 aliphatic heterocycles. The van der Waals surface area contributed by atoms with Crippen molar-refractivity contribution >= 4 is 11.8 Å². The lowest BCUT2D eigenvalue weighted by Gasteiger charge is -2.31.